The van der Waals surface area contributed by atoms with E-state index in [4.69, 9.17) is 0 Å². The summed E-state index contributed by atoms with van der Waals surface area (Å²) in [7, 11) is -2.89. The largest absolute Gasteiger partial charge is 0.468 e. The molecular formula is C17H16N2O5S. The molecule has 0 saturated carbocycles. The molecular weight excluding hydrogens is 344 g/mol. The molecule has 8 heteroatoms. The van der Waals surface area contributed by atoms with E-state index in [-0.39, 0.29) is 22.8 Å². The van der Waals surface area contributed by atoms with Crippen molar-refractivity contribution in [3.8, 4) is 0 Å². The van der Waals surface area contributed by atoms with Crippen LogP contribution >= 0.6 is 0 Å². The van der Waals surface area contributed by atoms with E-state index in [9.17, 15) is 18.0 Å². The number of benzene rings is 2. The molecule has 1 heterocycles. The van der Waals surface area contributed by atoms with Gasteiger partial charge in [-0.3, -0.25) is 9.69 Å². The molecule has 0 aliphatic carbocycles. The van der Waals surface area contributed by atoms with E-state index >= 15 is 0 Å². The highest BCUT2D eigenvalue weighted by Gasteiger charge is 2.43. The van der Waals surface area contributed by atoms with Crippen LogP contribution in [0.2, 0.25) is 0 Å². The van der Waals surface area contributed by atoms with Crippen LogP contribution in [0.3, 0.4) is 0 Å². The Morgan fingerprint density at radius 2 is 1.64 bits per heavy atom. The van der Waals surface area contributed by atoms with Gasteiger partial charge in [-0.1, -0.05) is 30.3 Å². The number of sulfonamides is 1. The van der Waals surface area contributed by atoms with Crippen molar-refractivity contribution in [3.63, 3.8) is 0 Å². The number of carbonyl (C=O) groups is 2. The molecule has 130 valence electrons. The molecule has 7 nitrogen and oxygen atoms in total. The van der Waals surface area contributed by atoms with Gasteiger partial charge in [-0.05, 0) is 30.7 Å². The zero-order valence-electron chi connectivity index (χ0n) is 13.7. The molecule has 0 unspecified atom stereocenters. The van der Waals surface area contributed by atoms with Gasteiger partial charge in [0.1, 0.15) is 11.4 Å². The minimum Gasteiger partial charge on any atom is -0.468 e. The van der Waals surface area contributed by atoms with E-state index in [0.29, 0.717) is 5.56 Å². The molecule has 0 saturated heterocycles. The zero-order chi connectivity index (χ0) is 18.2. The highest BCUT2D eigenvalue weighted by atomic mass is 32.2. The number of methoxy groups -OCH3 is 1. The second-order valence-corrected chi connectivity index (χ2v) is 7.22. The fourth-order valence-corrected chi connectivity index (χ4v) is 4.34. The van der Waals surface area contributed by atoms with E-state index in [1.165, 1.54) is 19.2 Å². The van der Waals surface area contributed by atoms with Gasteiger partial charge < -0.3 is 4.74 Å². The molecule has 0 fully saturated rings. The minimum atomic E-state index is -4.09. The number of rotatable bonds is 3. The SMILES string of the molecule is COC(=O)CN1C(=O)N(c2ccccc2C)S(=O)(=O)c2ccccc21. The van der Waals surface area contributed by atoms with Gasteiger partial charge in [0.2, 0.25) is 0 Å². The van der Waals surface area contributed by atoms with Crippen molar-refractivity contribution in [2.24, 2.45) is 0 Å². The lowest BCUT2D eigenvalue weighted by molar-refractivity contribution is -0.138. The summed E-state index contributed by atoms with van der Waals surface area (Å²) < 4.78 is 31.4. The normalized spacial score (nSPS) is 15.7. The molecule has 2 amide bonds. The maximum Gasteiger partial charge on any atom is 0.343 e. The molecule has 0 N–H and O–H groups in total. The van der Waals surface area contributed by atoms with Crippen LogP contribution in [0.1, 0.15) is 5.56 Å². The monoisotopic (exact) mass is 360 g/mol. The van der Waals surface area contributed by atoms with Crippen molar-refractivity contribution < 1.29 is 22.7 Å². The highest BCUT2D eigenvalue weighted by molar-refractivity contribution is 7.94. The Kier molecular flexibility index (Phi) is 4.22. The Labute approximate surface area is 145 Å². The maximum absolute atomic E-state index is 13.0. The summed E-state index contributed by atoms with van der Waals surface area (Å²) in [6, 6.07) is 11.9. The highest BCUT2D eigenvalue weighted by Crippen LogP contribution is 2.37. The van der Waals surface area contributed by atoms with Crippen LogP contribution in [0.15, 0.2) is 53.4 Å². The Balaban J connectivity index is 2.23. The molecule has 1 aliphatic heterocycles. The van der Waals surface area contributed by atoms with Crippen molar-refractivity contribution in [1.29, 1.82) is 0 Å². The molecule has 0 bridgehead atoms. The first kappa shape index (κ1) is 17.0. The quantitative estimate of drug-likeness (QED) is 0.784. The number of urea groups is 1. The van der Waals surface area contributed by atoms with Gasteiger partial charge in [0.05, 0.1) is 18.5 Å². The van der Waals surface area contributed by atoms with Crippen LogP contribution in [0.5, 0.6) is 0 Å². The van der Waals surface area contributed by atoms with E-state index in [1.54, 1.807) is 43.3 Å². The van der Waals surface area contributed by atoms with E-state index < -0.39 is 22.0 Å². The number of anilines is 2. The zero-order valence-corrected chi connectivity index (χ0v) is 14.5. The summed E-state index contributed by atoms with van der Waals surface area (Å²) in [5, 5.41) is 0. The smallest absolute Gasteiger partial charge is 0.343 e. The third kappa shape index (κ3) is 2.74. The number of hydrogen-bond donors (Lipinski definition) is 0. The number of carbonyl (C=O) groups excluding carboxylic acids is 2. The van der Waals surface area contributed by atoms with Crippen molar-refractivity contribution in [3.05, 3.63) is 54.1 Å². The fourth-order valence-electron chi connectivity index (χ4n) is 2.68. The number of hydrogen-bond acceptors (Lipinski definition) is 5. The first-order valence-electron chi connectivity index (χ1n) is 7.46. The summed E-state index contributed by atoms with van der Waals surface area (Å²) >= 11 is 0. The lowest BCUT2D eigenvalue weighted by atomic mass is 10.2. The number of aryl methyl sites for hydroxylation is 1. The van der Waals surface area contributed by atoms with E-state index in [1.807, 2.05) is 0 Å². The molecule has 0 radical (unpaired) electrons. The average molecular weight is 360 g/mol. The van der Waals surface area contributed by atoms with Crippen LogP contribution < -0.4 is 9.21 Å². The van der Waals surface area contributed by atoms with E-state index in [0.717, 1.165) is 9.21 Å². The molecule has 0 aromatic heterocycles. The summed E-state index contributed by atoms with van der Waals surface area (Å²) in [5.74, 6) is -0.646. The van der Waals surface area contributed by atoms with Crippen LogP contribution in [0, 0.1) is 6.92 Å². The average Bonchev–Trinajstić information content (AvgIpc) is 2.60. The molecule has 25 heavy (non-hydrogen) atoms. The number of amides is 2. The first-order chi connectivity index (χ1) is 11.9. The predicted octanol–water partition coefficient (Wildman–Crippen LogP) is 2.30. The van der Waals surface area contributed by atoms with Crippen molar-refractivity contribution >= 4 is 33.4 Å². The van der Waals surface area contributed by atoms with Crippen molar-refractivity contribution in [1.82, 2.24) is 0 Å². The van der Waals surface area contributed by atoms with Gasteiger partial charge in [0, 0.05) is 0 Å². The van der Waals surface area contributed by atoms with Gasteiger partial charge in [-0.15, -0.1) is 0 Å². The topological polar surface area (TPSA) is 84.0 Å². The number of ether oxygens (including phenoxy) is 1. The Morgan fingerprint density at radius 3 is 2.28 bits per heavy atom. The number of para-hydroxylation sites is 2. The van der Waals surface area contributed by atoms with Gasteiger partial charge in [0.15, 0.2) is 0 Å². The standard InChI is InChI=1S/C17H16N2O5S/c1-12-7-3-4-8-13(12)19-17(21)18(11-16(20)24-2)14-9-5-6-10-15(14)25(19,22)23/h3-10H,11H2,1-2H3. The number of esters is 1. The van der Waals surface area contributed by atoms with Crippen LogP contribution in [-0.2, 0) is 19.6 Å². The third-order valence-electron chi connectivity index (χ3n) is 3.93. The second-order valence-electron chi connectivity index (χ2n) is 5.47. The van der Waals surface area contributed by atoms with Gasteiger partial charge >= 0.3 is 12.0 Å². The van der Waals surface area contributed by atoms with Gasteiger partial charge in [-0.2, -0.15) is 4.31 Å². The van der Waals surface area contributed by atoms with Gasteiger partial charge in [0.25, 0.3) is 10.0 Å². The predicted molar refractivity (Wildman–Crippen MR) is 92.0 cm³/mol. The summed E-state index contributed by atoms with van der Waals surface area (Å²) in [5.41, 5.74) is 1.02. The number of fused-ring (bicyclic) bond motifs is 1. The Hall–Kier alpha value is -2.87. The maximum atomic E-state index is 13.0. The molecule has 0 spiro atoms. The Bertz CT molecular complexity index is 955. The van der Waals surface area contributed by atoms with Gasteiger partial charge in [-0.25, -0.2) is 13.2 Å². The molecule has 0 atom stereocenters. The lowest BCUT2D eigenvalue weighted by Gasteiger charge is -2.36. The van der Waals surface area contributed by atoms with Crippen LogP contribution in [0.25, 0.3) is 0 Å². The molecule has 2 aromatic rings. The first-order valence-corrected chi connectivity index (χ1v) is 8.90. The van der Waals surface area contributed by atoms with Crippen molar-refractivity contribution in [2.45, 2.75) is 11.8 Å². The van der Waals surface area contributed by atoms with Crippen molar-refractivity contribution in [2.75, 3.05) is 22.9 Å². The molecule has 3 rings (SSSR count). The van der Waals surface area contributed by atoms with Crippen LogP contribution in [-0.4, -0.2) is 34.1 Å². The second kappa shape index (κ2) is 6.21. The minimum absolute atomic E-state index is 0.0400. The molecule has 1 aliphatic rings. The fraction of sp³-hybridized carbons (Fsp3) is 0.176. The summed E-state index contributed by atoms with van der Waals surface area (Å²) in [6.45, 7) is 1.33. The molecule has 2 aromatic carbocycles. The summed E-state index contributed by atoms with van der Waals surface area (Å²) in [4.78, 5) is 25.8. The van der Waals surface area contributed by atoms with Crippen LogP contribution in [0.4, 0.5) is 16.2 Å². The van der Waals surface area contributed by atoms with E-state index in [2.05, 4.69) is 4.74 Å². The lowest BCUT2D eigenvalue weighted by Crippen LogP contribution is -2.52. The number of nitrogens with zero attached hydrogens (tertiary/aromatic N) is 2. The summed E-state index contributed by atoms with van der Waals surface area (Å²) in [6.07, 6.45) is 0. The third-order valence-corrected chi connectivity index (χ3v) is 5.66. The Morgan fingerprint density at radius 1 is 1.04 bits per heavy atom.